The van der Waals surface area contributed by atoms with E-state index in [1.54, 1.807) is 0 Å². The molecule has 0 atom stereocenters. The molecule has 3 heteroatoms. The van der Waals surface area contributed by atoms with Gasteiger partial charge in [0.15, 0.2) is 0 Å². The minimum absolute atomic E-state index is 0.0635. The van der Waals surface area contributed by atoms with Crippen molar-refractivity contribution in [3.63, 3.8) is 0 Å². The van der Waals surface area contributed by atoms with E-state index in [1.807, 2.05) is 0 Å². The highest BCUT2D eigenvalue weighted by atomic mass is 16.5. The second-order valence-corrected chi connectivity index (χ2v) is 4.38. The fourth-order valence-corrected chi connectivity index (χ4v) is 1.72. The standard InChI is InChI=1S/C12H22N2O/c1-4-6-14(7-5-2)8-9-15-12(3)10-13-11-12/h1,13H,5-11H2,2-3H3. The molecule has 0 amide bonds. The van der Waals surface area contributed by atoms with Gasteiger partial charge in [0.1, 0.15) is 0 Å². The summed E-state index contributed by atoms with van der Waals surface area (Å²) in [6.45, 7) is 9.75. The quantitative estimate of drug-likeness (QED) is 0.626. The highest BCUT2D eigenvalue weighted by Gasteiger charge is 2.32. The highest BCUT2D eigenvalue weighted by molar-refractivity contribution is 4.91. The Hall–Kier alpha value is -0.560. The summed E-state index contributed by atoms with van der Waals surface area (Å²) < 4.78 is 5.82. The molecular formula is C12H22N2O. The van der Waals surface area contributed by atoms with Crippen molar-refractivity contribution >= 4 is 0 Å². The first-order valence-corrected chi connectivity index (χ1v) is 5.71. The van der Waals surface area contributed by atoms with Crippen LogP contribution in [-0.2, 0) is 4.74 Å². The summed E-state index contributed by atoms with van der Waals surface area (Å²) in [6, 6.07) is 0. The third-order valence-electron chi connectivity index (χ3n) is 2.71. The first kappa shape index (κ1) is 12.5. The Kier molecular flexibility index (Phi) is 5.10. The summed E-state index contributed by atoms with van der Waals surface area (Å²) in [4.78, 5) is 2.26. The molecule has 0 bridgehead atoms. The zero-order valence-corrected chi connectivity index (χ0v) is 9.88. The molecule has 1 aliphatic rings. The molecular weight excluding hydrogens is 188 g/mol. The number of nitrogens with zero attached hydrogens (tertiary/aromatic N) is 1. The van der Waals surface area contributed by atoms with E-state index in [9.17, 15) is 0 Å². The molecule has 0 aromatic carbocycles. The topological polar surface area (TPSA) is 24.5 Å². The van der Waals surface area contributed by atoms with Crippen LogP contribution in [0.1, 0.15) is 20.3 Å². The molecule has 0 saturated carbocycles. The van der Waals surface area contributed by atoms with Crippen LogP contribution in [-0.4, -0.2) is 49.8 Å². The molecule has 1 fully saturated rings. The molecule has 0 aromatic heterocycles. The third-order valence-corrected chi connectivity index (χ3v) is 2.71. The molecule has 0 spiro atoms. The predicted molar refractivity (Wildman–Crippen MR) is 62.8 cm³/mol. The summed E-state index contributed by atoms with van der Waals surface area (Å²) in [6.07, 6.45) is 6.45. The average Bonchev–Trinajstić information content (AvgIpc) is 2.16. The van der Waals surface area contributed by atoms with Gasteiger partial charge in [0, 0.05) is 19.6 Å². The van der Waals surface area contributed by atoms with Crippen molar-refractivity contribution in [2.24, 2.45) is 0 Å². The molecule has 1 saturated heterocycles. The largest absolute Gasteiger partial charge is 0.371 e. The lowest BCUT2D eigenvalue weighted by molar-refractivity contribution is -0.0714. The van der Waals surface area contributed by atoms with Crippen molar-refractivity contribution in [2.75, 3.05) is 39.3 Å². The molecule has 0 unspecified atom stereocenters. The monoisotopic (exact) mass is 210 g/mol. The summed E-state index contributed by atoms with van der Waals surface area (Å²) >= 11 is 0. The fourth-order valence-electron chi connectivity index (χ4n) is 1.72. The van der Waals surface area contributed by atoms with Crippen molar-refractivity contribution in [3.05, 3.63) is 0 Å². The molecule has 1 aliphatic heterocycles. The summed E-state index contributed by atoms with van der Waals surface area (Å²) in [7, 11) is 0. The number of ether oxygens (including phenoxy) is 1. The lowest BCUT2D eigenvalue weighted by Gasteiger charge is -2.39. The Morgan fingerprint density at radius 3 is 2.67 bits per heavy atom. The van der Waals surface area contributed by atoms with Gasteiger partial charge >= 0.3 is 0 Å². The Labute approximate surface area is 93.2 Å². The van der Waals surface area contributed by atoms with Gasteiger partial charge in [-0.1, -0.05) is 12.8 Å². The normalized spacial score (nSPS) is 18.5. The fraction of sp³-hybridized carbons (Fsp3) is 0.833. The second-order valence-electron chi connectivity index (χ2n) is 4.38. The first-order valence-electron chi connectivity index (χ1n) is 5.71. The molecule has 1 heterocycles. The van der Waals surface area contributed by atoms with Crippen LogP contribution >= 0.6 is 0 Å². The maximum absolute atomic E-state index is 5.82. The predicted octanol–water partition coefficient (Wildman–Crippen LogP) is 0.710. The minimum Gasteiger partial charge on any atom is -0.371 e. The maximum atomic E-state index is 5.82. The van der Waals surface area contributed by atoms with Gasteiger partial charge in [0.25, 0.3) is 0 Å². The van der Waals surface area contributed by atoms with Crippen LogP contribution in [0.25, 0.3) is 0 Å². The minimum atomic E-state index is 0.0635. The summed E-state index contributed by atoms with van der Waals surface area (Å²) in [5.41, 5.74) is 0.0635. The molecule has 1 N–H and O–H groups in total. The van der Waals surface area contributed by atoms with Crippen LogP contribution in [0.15, 0.2) is 0 Å². The van der Waals surface area contributed by atoms with Crippen LogP contribution in [0.3, 0.4) is 0 Å². The van der Waals surface area contributed by atoms with Gasteiger partial charge in [-0.25, -0.2) is 0 Å². The van der Waals surface area contributed by atoms with Crippen LogP contribution in [0.2, 0.25) is 0 Å². The van der Waals surface area contributed by atoms with E-state index < -0.39 is 0 Å². The van der Waals surface area contributed by atoms with E-state index in [2.05, 4.69) is 30.0 Å². The van der Waals surface area contributed by atoms with Crippen LogP contribution < -0.4 is 5.32 Å². The van der Waals surface area contributed by atoms with Gasteiger partial charge in [0.2, 0.25) is 0 Å². The number of hydrogen-bond acceptors (Lipinski definition) is 3. The number of rotatable bonds is 7. The van der Waals surface area contributed by atoms with Gasteiger partial charge in [-0.15, -0.1) is 6.42 Å². The maximum Gasteiger partial charge on any atom is 0.0902 e. The smallest absolute Gasteiger partial charge is 0.0902 e. The van der Waals surface area contributed by atoms with E-state index >= 15 is 0 Å². The van der Waals surface area contributed by atoms with Gasteiger partial charge in [-0.2, -0.15) is 0 Å². The summed E-state index contributed by atoms with van der Waals surface area (Å²) in [5.74, 6) is 2.69. The molecule has 0 radical (unpaired) electrons. The molecule has 15 heavy (non-hydrogen) atoms. The second kappa shape index (κ2) is 6.12. The van der Waals surface area contributed by atoms with Gasteiger partial charge < -0.3 is 10.1 Å². The van der Waals surface area contributed by atoms with E-state index in [4.69, 9.17) is 11.2 Å². The van der Waals surface area contributed by atoms with Gasteiger partial charge in [-0.3, -0.25) is 4.90 Å². The van der Waals surface area contributed by atoms with Crippen molar-refractivity contribution < 1.29 is 4.74 Å². The van der Waals surface area contributed by atoms with Crippen molar-refractivity contribution in [1.29, 1.82) is 0 Å². The molecule has 0 aromatic rings. The zero-order valence-electron chi connectivity index (χ0n) is 9.88. The van der Waals surface area contributed by atoms with E-state index in [0.717, 1.165) is 45.8 Å². The SMILES string of the molecule is C#CCN(CCC)CCOC1(C)CNC1. The van der Waals surface area contributed by atoms with Crippen LogP contribution in [0, 0.1) is 12.3 Å². The van der Waals surface area contributed by atoms with Crippen LogP contribution in [0.5, 0.6) is 0 Å². The summed E-state index contributed by atoms with van der Waals surface area (Å²) in [5, 5.41) is 3.22. The Balaban J connectivity index is 2.13. The van der Waals surface area contributed by atoms with Crippen molar-refractivity contribution in [3.8, 4) is 12.3 Å². The molecule has 0 aliphatic carbocycles. The molecule has 86 valence electrons. The Bertz CT molecular complexity index is 218. The third kappa shape index (κ3) is 4.21. The number of terminal acetylenes is 1. The van der Waals surface area contributed by atoms with E-state index in [0.29, 0.717) is 0 Å². The number of nitrogens with one attached hydrogen (secondary N) is 1. The molecule has 3 nitrogen and oxygen atoms in total. The highest BCUT2D eigenvalue weighted by Crippen LogP contribution is 2.14. The molecule has 1 rings (SSSR count). The van der Waals surface area contributed by atoms with E-state index in [1.165, 1.54) is 0 Å². The van der Waals surface area contributed by atoms with Gasteiger partial charge in [0.05, 0.1) is 18.8 Å². The lowest BCUT2D eigenvalue weighted by atomic mass is 10.0. The van der Waals surface area contributed by atoms with E-state index in [-0.39, 0.29) is 5.60 Å². The Morgan fingerprint density at radius 2 is 2.20 bits per heavy atom. The van der Waals surface area contributed by atoms with Gasteiger partial charge in [-0.05, 0) is 19.9 Å². The zero-order chi connectivity index (χ0) is 11.1. The average molecular weight is 210 g/mol. The lowest BCUT2D eigenvalue weighted by Crippen LogP contribution is -2.59. The first-order chi connectivity index (χ1) is 7.20. The number of hydrogen-bond donors (Lipinski definition) is 1. The van der Waals surface area contributed by atoms with Crippen molar-refractivity contribution in [2.45, 2.75) is 25.9 Å². The van der Waals surface area contributed by atoms with Crippen molar-refractivity contribution in [1.82, 2.24) is 10.2 Å². The Morgan fingerprint density at radius 1 is 1.47 bits per heavy atom. The van der Waals surface area contributed by atoms with Crippen LogP contribution in [0.4, 0.5) is 0 Å².